The van der Waals surface area contributed by atoms with Crippen LogP contribution < -0.4 is 10.2 Å². The van der Waals surface area contributed by atoms with E-state index in [1.807, 2.05) is 48.1 Å². The molecular formula is C23H26N4O2. The van der Waals surface area contributed by atoms with E-state index >= 15 is 0 Å². The molecule has 0 saturated heterocycles. The van der Waals surface area contributed by atoms with Crippen molar-refractivity contribution in [3.63, 3.8) is 0 Å². The van der Waals surface area contributed by atoms with Crippen LogP contribution in [0.1, 0.15) is 32.2 Å². The molecule has 2 aromatic heterocycles. The Morgan fingerprint density at radius 3 is 2.62 bits per heavy atom. The van der Waals surface area contributed by atoms with Crippen molar-refractivity contribution in [3.8, 4) is 5.75 Å². The Morgan fingerprint density at radius 1 is 1.03 bits per heavy atom. The van der Waals surface area contributed by atoms with E-state index in [0.29, 0.717) is 19.8 Å². The van der Waals surface area contributed by atoms with Gasteiger partial charge in [-0.3, -0.25) is 4.98 Å². The first-order valence-corrected chi connectivity index (χ1v) is 9.96. The second-order valence-electron chi connectivity index (χ2n) is 7.23. The molecule has 6 heteroatoms. The van der Waals surface area contributed by atoms with Gasteiger partial charge in [0.15, 0.2) is 5.82 Å². The predicted octanol–water partition coefficient (Wildman–Crippen LogP) is 4.65. The molecule has 1 N–H and O–H groups in total. The van der Waals surface area contributed by atoms with Crippen LogP contribution in [0.15, 0.2) is 54.7 Å². The Morgan fingerprint density at radius 2 is 1.86 bits per heavy atom. The number of imidazole rings is 1. The lowest BCUT2D eigenvalue weighted by molar-refractivity contribution is 0.127. The van der Waals surface area contributed by atoms with Gasteiger partial charge in [0, 0.05) is 24.1 Å². The molecule has 29 heavy (non-hydrogen) atoms. The summed E-state index contributed by atoms with van der Waals surface area (Å²) < 4.78 is 13.6. The smallest absolute Gasteiger partial charge is 0.154 e. The third-order valence-electron chi connectivity index (χ3n) is 4.59. The normalized spacial score (nSPS) is 11.4. The molecule has 6 nitrogen and oxygen atoms in total. The largest absolute Gasteiger partial charge is 0.489 e. The minimum absolute atomic E-state index is 0.254. The van der Waals surface area contributed by atoms with Gasteiger partial charge in [-0.2, -0.15) is 0 Å². The van der Waals surface area contributed by atoms with Gasteiger partial charge in [-0.05, 0) is 38.5 Å². The van der Waals surface area contributed by atoms with Crippen molar-refractivity contribution in [3.05, 3.63) is 66.1 Å². The predicted molar refractivity (Wildman–Crippen MR) is 116 cm³/mol. The van der Waals surface area contributed by atoms with E-state index in [2.05, 4.69) is 42.5 Å². The molecule has 0 fully saturated rings. The molecule has 0 spiro atoms. The standard InChI is InChI=1S/C23H26N4O2/c1-4-28-15-22-25-21-13-24-20-12-18(29-14-17-8-6-5-7-9-17)10-11-19(20)23(21)27(22)26-16(2)3/h5-13,16,26H,4,14-15H2,1-3H3. The van der Waals surface area contributed by atoms with E-state index in [0.717, 1.165) is 39.1 Å². The summed E-state index contributed by atoms with van der Waals surface area (Å²) >= 11 is 0. The highest BCUT2D eigenvalue weighted by atomic mass is 16.5. The molecule has 4 aromatic rings. The lowest BCUT2D eigenvalue weighted by Crippen LogP contribution is -2.24. The van der Waals surface area contributed by atoms with E-state index in [-0.39, 0.29) is 6.04 Å². The minimum atomic E-state index is 0.254. The molecule has 0 bridgehead atoms. The zero-order chi connectivity index (χ0) is 20.2. The lowest BCUT2D eigenvalue weighted by Gasteiger charge is -2.16. The number of nitrogens with zero attached hydrogens (tertiary/aromatic N) is 3. The molecule has 0 radical (unpaired) electrons. The van der Waals surface area contributed by atoms with Crippen LogP contribution in [-0.2, 0) is 18.0 Å². The zero-order valence-corrected chi connectivity index (χ0v) is 17.1. The van der Waals surface area contributed by atoms with E-state index in [1.54, 1.807) is 0 Å². The van der Waals surface area contributed by atoms with E-state index in [4.69, 9.17) is 14.5 Å². The maximum atomic E-state index is 5.97. The summed E-state index contributed by atoms with van der Waals surface area (Å²) in [5.74, 6) is 1.64. The summed E-state index contributed by atoms with van der Waals surface area (Å²) in [5.41, 5.74) is 7.33. The fraction of sp³-hybridized carbons (Fsp3) is 0.304. The van der Waals surface area contributed by atoms with Gasteiger partial charge in [0.25, 0.3) is 0 Å². The van der Waals surface area contributed by atoms with Gasteiger partial charge in [0.1, 0.15) is 30.0 Å². The Kier molecular flexibility index (Phi) is 5.62. The third-order valence-corrected chi connectivity index (χ3v) is 4.59. The van der Waals surface area contributed by atoms with Crippen LogP contribution in [0.5, 0.6) is 5.75 Å². The van der Waals surface area contributed by atoms with Crippen LogP contribution >= 0.6 is 0 Å². The third kappa shape index (κ3) is 4.17. The van der Waals surface area contributed by atoms with Crippen LogP contribution in [0.3, 0.4) is 0 Å². The summed E-state index contributed by atoms with van der Waals surface area (Å²) in [7, 11) is 0. The summed E-state index contributed by atoms with van der Waals surface area (Å²) in [6.07, 6.45) is 1.81. The minimum Gasteiger partial charge on any atom is -0.489 e. The van der Waals surface area contributed by atoms with E-state index < -0.39 is 0 Å². The average Bonchev–Trinajstić information content (AvgIpc) is 3.08. The highest BCUT2D eigenvalue weighted by Gasteiger charge is 2.15. The number of hydrogen-bond donors (Lipinski definition) is 1. The quantitative estimate of drug-likeness (QED) is 0.474. The van der Waals surface area contributed by atoms with Crippen LogP contribution in [0.2, 0.25) is 0 Å². The summed E-state index contributed by atoms with van der Waals surface area (Å²) in [5, 5.41) is 1.03. The number of aromatic nitrogens is 3. The Balaban J connectivity index is 1.71. The fourth-order valence-corrected chi connectivity index (χ4v) is 3.30. The highest BCUT2D eigenvalue weighted by Crippen LogP contribution is 2.28. The number of hydrogen-bond acceptors (Lipinski definition) is 5. The number of benzene rings is 2. The van der Waals surface area contributed by atoms with Crippen molar-refractivity contribution in [2.24, 2.45) is 0 Å². The molecule has 0 aliphatic carbocycles. The molecular weight excluding hydrogens is 364 g/mol. The Bertz CT molecular complexity index is 1110. The maximum absolute atomic E-state index is 5.97. The van der Waals surface area contributed by atoms with Gasteiger partial charge in [-0.15, -0.1) is 0 Å². The molecule has 0 unspecified atom stereocenters. The van der Waals surface area contributed by atoms with Crippen molar-refractivity contribution in [1.82, 2.24) is 14.6 Å². The van der Waals surface area contributed by atoms with Crippen molar-refractivity contribution < 1.29 is 9.47 Å². The van der Waals surface area contributed by atoms with Crippen LogP contribution in [0.25, 0.3) is 21.9 Å². The second kappa shape index (κ2) is 8.49. The first-order valence-electron chi connectivity index (χ1n) is 9.96. The molecule has 2 heterocycles. The molecule has 150 valence electrons. The molecule has 0 saturated carbocycles. The van der Waals surface area contributed by atoms with Gasteiger partial charge in [-0.25, -0.2) is 9.66 Å². The number of ether oxygens (including phenoxy) is 2. The van der Waals surface area contributed by atoms with Crippen molar-refractivity contribution in [1.29, 1.82) is 0 Å². The van der Waals surface area contributed by atoms with Crippen LogP contribution in [-0.4, -0.2) is 27.3 Å². The average molecular weight is 390 g/mol. The molecule has 4 rings (SSSR count). The Hall–Kier alpha value is -3.12. The molecule has 0 aliphatic heterocycles. The number of nitrogens with one attached hydrogen (secondary N) is 1. The second-order valence-corrected chi connectivity index (χ2v) is 7.23. The van der Waals surface area contributed by atoms with E-state index in [9.17, 15) is 0 Å². The van der Waals surface area contributed by atoms with Gasteiger partial charge in [0.2, 0.25) is 0 Å². The monoisotopic (exact) mass is 390 g/mol. The summed E-state index contributed by atoms with van der Waals surface area (Å²) in [6, 6.07) is 16.4. The SMILES string of the molecule is CCOCc1nc2cnc3cc(OCc4ccccc4)ccc3c2n1NC(C)C. The molecule has 0 amide bonds. The Labute approximate surface area is 170 Å². The summed E-state index contributed by atoms with van der Waals surface area (Å²) in [6.45, 7) is 7.82. The summed E-state index contributed by atoms with van der Waals surface area (Å²) in [4.78, 5) is 9.35. The van der Waals surface area contributed by atoms with Crippen LogP contribution in [0, 0.1) is 0 Å². The first kappa shape index (κ1) is 19.2. The van der Waals surface area contributed by atoms with Gasteiger partial charge in [0.05, 0.1) is 11.7 Å². The number of pyridine rings is 1. The first-order chi connectivity index (χ1) is 14.2. The van der Waals surface area contributed by atoms with Gasteiger partial charge >= 0.3 is 0 Å². The molecule has 2 aromatic carbocycles. The topological polar surface area (TPSA) is 61.2 Å². The number of rotatable bonds is 8. The van der Waals surface area contributed by atoms with Gasteiger partial charge < -0.3 is 14.9 Å². The maximum Gasteiger partial charge on any atom is 0.154 e. The van der Waals surface area contributed by atoms with Crippen molar-refractivity contribution >= 4 is 21.9 Å². The molecule has 0 atom stereocenters. The fourth-order valence-electron chi connectivity index (χ4n) is 3.30. The lowest BCUT2D eigenvalue weighted by atomic mass is 10.2. The van der Waals surface area contributed by atoms with Gasteiger partial charge in [-0.1, -0.05) is 30.3 Å². The zero-order valence-electron chi connectivity index (χ0n) is 17.1. The number of fused-ring (bicyclic) bond motifs is 3. The van der Waals surface area contributed by atoms with Crippen LogP contribution in [0.4, 0.5) is 0 Å². The molecule has 0 aliphatic rings. The van der Waals surface area contributed by atoms with Crippen molar-refractivity contribution in [2.45, 2.75) is 40.0 Å². The highest BCUT2D eigenvalue weighted by molar-refractivity contribution is 6.02. The van der Waals surface area contributed by atoms with E-state index in [1.165, 1.54) is 0 Å². The van der Waals surface area contributed by atoms with Crippen molar-refractivity contribution in [2.75, 3.05) is 12.0 Å².